The average molecular weight is 1040 g/mol. The zero-order valence-corrected chi connectivity index (χ0v) is 36.9. The summed E-state index contributed by atoms with van der Waals surface area (Å²) < 4.78 is 254. The number of rotatable bonds is 8. The molecule has 0 radical (unpaired) electrons. The van der Waals surface area contributed by atoms with Crippen LogP contribution in [0.2, 0.25) is 0 Å². The third kappa shape index (κ3) is 11.5. The fraction of sp³-hybridized carbons (Fsp3) is 0.263. The molecule has 0 heterocycles. The van der Waals surface area contributed by atoms with Crippen LogP contribution in [0.5, 0.6) is 0 Å². The molecule has 0 aliphatic heterocycles. The van der Waals surface area contributed by atoms with Gasteiger partial charge in [-0.1, -0.05) is 24.3 Å². The standard InChI is InChI=1S/C19H10F9N3O3.C18H10F10N2O3.CN.Na/c1-7-3-9(17(22,18(23,24)25)19(26,27)28)4-8(2)14(7)30-16(32)10-5-12(20)11(6-29)15(13(10)21)31(33)34;1-6-3-8(16(22,17(23,24)25)18(26,27)28)4-7(2)13(6)29-15(31)9-5-10(19)12(21)14(11(9)20)30(32)33;1-2;/h3-5H,1-2H3,(H,30,32);3-5H,1-2H3,(H,29,31);;/q;;-1;+1. The second kappa shape index (κ2) is 21.5. The van der Waals surface area contributed by atoms with Gasteiger partial charge in [-0.3, -0.25) is 29.8 Å². The van der Waals surface area contributed by atoms with Gasteiger partial charge in [0, 0.05) is 22.5 Å². The van der Waals surface area contributed by atoms with E-state index in [4.69, 9.17) is 17.1 Å². The van der Waals surface area contributed by atoms with Crippen molar-refractivity contribution in [1.29, 1.82) is 10.5 Å². The molecule has 4 aromatic carbocycles. The monoisotopic (exact) mass is 1040 g/mol. The largest absolute Gasteiger partial charge is 1.00 e. The fourth-order valence-corrected chi connectivity index (χ4v) is 6.03. The van der Waals surface area contributed by atoms with E-state index in [1.54, 1.807) is 0 Å². The van der Waals surface area contributed by atoms with Crippen molar-refractivity contribution in [3.8, 4) is 6.07 Å². The van der Waals surface area contributed by atoms with Crippen molar-refractivity contribution in [2.75, 3.05) is 10.6 Å². The van der Waals surface area contributed by atoms with Crippen molar-refractivity contribution in [3.63, 3.8) is 0 Å². The van der Waals surface area contributed by atoms with E-state index in [2.05, 4.69) is 0 Å². The van der Waals surface area contributed by atoms with Gasteiger partial charge in [0.25, 0.3) is 11.8 Å². The molecular weight excluding hydrogens is 1020 g/mol. The van der Waals surface area contributed by atoms with E-state index in [0.29, 0.717) is 0 Å². The minimum Gasteiger partial charge on any atom is -0.512 e. The summed E-state index contributed by atoms with van der Waals surface area (Å²) in [5, 5.41) is 40.5. The molecule has 12 nitrogen and oxygen atoms in total. The second-order valence-electron chi connectivity index (χ2n) is 13.6. The Bertz CT molecular complexity index is 2730. The molecule has 32 heteroatoms. The number of halogens is 19. The number of carbonyl (C=O) groups excluding carboxylic acids is 2. The van der Waals surface area contributed by atoms with Crippen LogP contribution in [-0.2, 0) is 11.3 Å². The maximum atomic E-state index is 14.5. The van der Waals surface area contributed by atoms with Crippen molar-refractivity contribution < 1.29 is 132 Å². The van der Waals surface area contributed by atoms with Gasteiger partial charge in [-0.2, -0.15) is 71.1 Å². The Labute approximate surface area is 399 Å². The average Bonchev–Trinajstić information content (AvgIpc) is 3.20. The van der Waals surface area contributed by atoms with E-state index in [1.165, 1.54) is 0 Å². The number of hydrogen-bond acceptors (Lipinski definition) is 8. The molecule has 4 rings (SSSR count). The predicted octanol–water partition coefficient (Wildman–Crippen LogP) is 9.17. The van der Waals surface area contributed by atoms with Crippen LogP contribution in [0, 0.1) is 100 Å². The van der Waals surface area contributed by atoms with Gasteiger partial charge in [-0.25, -0.2) is 17.6 Å². The number of hydrogen-bond donors (Lipinski definition) is 2. The Kier molecular flexibility index (Phi) is 18.8. The molecule has 0 aliphatic rings. The van der Waals surface area contributed by atoms with E-state index in [0.717, 1.165) is 33.8 Å². The third-order valence-electron chi connectivity index (χ3n) is 9.19. The molecule has 0 spiro atoms. The molecule has 0 saturated heterocycles. The van der Waals surface area contributed by atoms with E-state index in [9.17, 15) is 113 Å². The predicted molar refractivity (Wildman–Crippen MR) is 193 cm³/mol. The Morgan fingerprint density at radius 2 is 0.800 bits per heavy atom. The molecule has 2 amide bonds. The van der Waals surface area contributed by atoms with Crippen molar-refractivity contribution in [2.24, 2.45) is 0 Å². The third-order valence-corrected chi connectivity index (χ3v) is 9.19. The zero-order chi connectivity index (χ0) is 54.1. The zero-order valence-electron chi connectivity index (χ0n) is 34.9. The summed E-state index contributed by atoms with van der Waals surface area (Å²) in [6.45, 7) is 8.31. The molecule has 0 fully saturated rings. The Balaban J connectivity index is 0.000000667. The summed E-state index contributed by atoms with van der Waals surface area (Å²) in [5.74, 6) is -13.0. The van der Waals surface area contributed by atoms with Crippen molar-refractivity contribution in [2.45, 2.75) is 63.7 Å². The van der Waals surface area contributed by atoms with Gasteiger partial charge in [0.05, 0.1) is 21.0 Å². The maximum Gasteiger partial charge on any atom is 1.00 e. The van der Waals surface area contributed by atoms with Gasteiger partial charge >= 0.3 is 77.0 Å². The fourth-order valence-electron chi connectivity index (χ4n) is 6.03. The van der Waals surface area contributed by atoms with Gasteiger partial charge < -0.3 is 22.5 Å². The van der Waals surface area contributed by atoms with Crippen LogP contribution in [0.3, 0.4) is 0 Å². The summed E-state index contributed by atoms with van der Waals surface area (Å²) in [7, 11) is 0. The first-order valence-electron chi connectivity index (χ1n) is 17.3. The Hall–Kier alpha value is -6.73. The van der Waals surface area contributed by atoms with Crippen LogP contribution < -0.4 is 40.2 Å². The molecule has 0 unspecified atom stereocenters. The number of nitro benzene ring substituents is 2. The number of aryl methyl sites for hydroxylation is 4. The minimum atomic E-state index is -6.40. The molecule has 0 bridgehead atoms. The van der Waals surface area contributed by atoms with Gasteiger partial charge in [-0.05, 0) is 62.1 Å². The number of anilines is 2. The molecule has 372 valence electrons. The summed E-state index contributed by atoms with van der Waals surface area (Å²) in [6.07, 6.45) is -25.6. The summed E-state index contributed by atoms with van der Waals surface area (Å²) in [4.78, 5) is 43.3. The van der Waals surface area contributed by atoms with E-state index in [-0.39, 0.29) is 66.0 Å². The van der Waals surface area contributed by atoms with Gasteiger partial charge in [0.15, 0.2) is 11.4 Å². The molecule has 70 heavy (non-hydrogen) atoms. The molecular formula is C38H20F19N6NaO6. The maximum absolute atomic E-state index is 14.5. The topological polar surface area (TPSA) is 192 Å². The first kappa shape index (κ1) is 61.3. The quantitative estimate of drug-likeness (QED) is 0.0436. The number of nitro groups is 2. The number of alkyl halides is 14. The summed E-state index contributed by atoms with van der Waals surface area (Å²) in [6, 6.07) is 1.74. The number of amides is 2. The second-order valence-corrected chi connectivity index (χ2v) is 13.6. The van der Waals surface area contributed by atoms with Crippen LogP contribution in [-0.4, -0.2) is 46.4 Å². The molecule has 0 aliphatic carbocycles. The number of nitrogens with zero attached hydrogens (tertiary/aromatic N) is 4. The Morgan fingerprint density at radius 3 is 1.06 bits per heavy atom. The number of benzene rings is 4. The number of carbonyl (C=O) groups is 2. The molecule has 4 aromatic rings. The van der Waals surface area contributed by atoms with Gasteiger partial charge in [0.1, 0.15) is 11.9 Å². The number of nitrogens with one attached hydrogen (secondary N) is 2. The Morgan fingerprint density at radius 1 is 0.529 bits per heavy atom. The molecule has 2 N–H and O–H groups in total. The van der Waals surface area contributed by atoms with Crippen LogP contribution >= 0.6 is 0 Å². The minimum absolute atomic E-state index is 0. The SMILES string of the molecule is Cc1cc(C(F)(C(F)(F)F)C(F)(F)F)cc(C)c1NC(=O)c1cc(F)c(C#N)c([N+](=O)[O-])c1F.Cc1cc(C(F)(C(F)(F)F)C(F)(F)F)cc(C)c1NC(=O)c1cc(F)c(F)c([N+](=O)[O-])c1F.[C-]#N.[Na+]. The summed E-state index contributed by atoms with van der Waals surface area (Å²) in [5.41, 5.74) is -26.0. The normalized spacial score (nSPS) is 11.9. The smallest absolute Gasteiger partial charge is 0.512 e. The van der Waals surface area contributed by atoms with Crippen molar-refractivity contribution in [3.05, 3.63) is 142 Å². The molecule has 0 saturated carbocycles. The van der Waals surface area contributed by atoms with Crippen LogP contribution in [0.15, 0.2) is 36.4 Å². The summed E-state index contributed by atoms with van der Waals surface area (Å²) >= 11 is 0. The first-order valence-corrected chi connectivity index (χ1v) is 17.3. The van der Waals surface area contributed by atoms with Crippen LogP contribution in [0.4, 0.5) is 106 Å². The van der Waals surface area contributed by atoms with Crippen molar-refractivity contribution in [1.82, 2.24) is 0 Å². The van der Waals surface area contributed by atoms with Gasteiger partial charge in [-0.15, -0.1) is 0 Å². The van der Waals surface area contributed by atoms with E-state index < -0.39 is 160 Å². The number of nitriles is 1. The van der Waals surface area contributed by atoms with Crippen LogP contribution in [0.1, 0.15) is 59.7 Å². The van der Waals surface area contributed by atoms with E-state index in [1.807, 2.05) is 10.6 Å². The molecule has 0 atom stereocenters. The van der Waals surface area contributed by atoms with Gasteiger partial charge in [0.2, 0.25) is 17.5 Å². The van der Waals surface area contributed by atoms with Crippen LogP contribution in [0.25, 0.3) is 0 Å². The molecule has 0 aromatic heterocycles. The van der Waals surface area contributed by atoms with Crippen molar-refractivity contribution >= 4 is 34.6 Å². The first-order chi connectivity index (χ1) is 31.2. The van der Waals surface area contributed by atoms with E-state index >= 15 is 0 Å².